The van der Waals surface area contributed by atoms with E-state index >= 15 is 0 Å². The number of nitrogens with zero attached hydrogens (tertiary/aromatic N) is 1. The van der Waals surface area contributed by atoms with Crippen LogP contribution in [0.1, 0.15) is 29.7 Å². The molecule has 1 atom stereocenters. The highest BCUT2D eigenvalue weighted by atomic mass is 19.3. The Hall–Kier alpha value is -3.07. The Morgan fingerprint density at radius 3 is 2.45 bits per heavy atom. The van der Waals surface area contributed by atoms with Crippen molar-refractivity contribution >= 4 is 5.96 Å². The number of rotatable bonds is 10. The van der Waals surface area contributed by atoms with Crippen LogP contribution in [0.15, 0.2) is 41.4 Å². The summed E-state index contributed by atoms with van der Waals surface area (Å²) in [5.74, 6) is 1.64. The average Bonchev–Trinajstić information content (AvgIpc) is 2.76. The molecule has 0 radical (unpaired) electrons. The summed E-state index contributed by atoms with van der Waals surface area (Å²) in [4.78, 5) is 4.44. The molecular formula is C22H29F2N3O4. The lowest BCUT2D eigenvalue weighted by atomic mass is 10.1. The molecule has 0 heterocycles. The van der Waals surface area contributed by atoms with Crippen LogP contribution in [-0.4, -0.2) is 45.0 Å². The Morgan fingerprint density at radius 1 is 1.06 bits per heavy atom. The molecule has 0 aromatic heterocycles. The summed E-state index contributed by atoms with van der Waals surface area (Å²) in [5, 5.41) is 16.8. The summed E-state index contributed by atoms with van der Waals surface area (Å²) in [7, 11) is 3.07. The van der Waals surface area contributed by atoms with Gasteiger partial charge in [0, 0.05) is 24.2 Å². The molecule has 7 nitrogen and oxygen atoms in total. The molecule has 0 aliphatic rings. The third-order valence-corrected chi connectivity index (χ3v) is 4.44. The first-order valence-electron chi connectivity index (χ1n) is 9.84. The van der Waals surface area contributed by atoms with Crippen LogP contribution in [0.25, 0.3) is 0 Å². The largest absolute Gasteiger partial charge is 0.497 e. The van der Waals surface area contributed by atoms with Gasteiger partial charge >= 0.3 is 6.61 Å². The van der Waals surface area contributed by atoms with Gasteiger partial charge in [0.05, 0.1) is 26.9 Å². The van der Waals surface area contributed by atoms with Crippen LogP contribution in [0, 0.1) is 6.92 Å². The van der Waals surface area contributed by atoms with Crippen molar-refractivity contribution in [3.8, 4) is 17.2 Å². The maximum absolute atomic E-state index is 12.7. The van der Waals surface area contributed by atoms with E-state index in [1.54, 1.807) is 37.4 Å². The van der Waals surface area contributed by atoms with Crippen molar-refractivity contribution < 1.29 is 28.1 Å². The molecule has 2 rings (SSSR count). The van der Waals surface area contributed by atoms with E-state index in [2.05, 4.69) is 20.4 Å². The molecule has 0 spiro atoms. The minimum atomic E-state index is -2.91. The van der Waals surface area contributed by atoms with E-state index in [1.807, 2.05) is 13.8 Å². The minimum Gasteiger partial charge on any atom is -0.497 e. The van der Waals surface area contributed by atoms with Gasteiger partial charge < -0.3 is 30.0 Å². The smallest absolute Gasteiger partial charge is 0.387 e. The van der Waals surface area contributed by atoms with Gasteiger partial charge in [-0.1, -0.05) is 17.7 Å². The zero-order chi connectivity index (χ0) is 22.8. The molecule has 9 heteroatoms. The predicted molar refractivity (Wildman–Crippen MR) is 115 cm³/mol. The first-order valence-corrected chi connectivity index (χ1v) is 9.84. The van der Waals surface area contributed by atoms with Crippen LogP contribution in [0.4, 0.5) is 8.78 Å². The zero-order valence-electron chi connectivity index (χ0n) is 18.1. The Kier molecular flexibility index (Phi) is 9.33. The second-order valence-corrected chi connectivity index (χ2v) is 6.69. The lowest BCUT2D eigenvalue weighted by Gasteiger charge is -2.18. The molecule has 0 saturated carbocycles. The van der Waals surface area contributed by atoms with Crippen LogP contribution in [0.5, 0.6) is 17.2 Å². The molecule has 0 aliphatic heterocycles. The SMILES string of the molecule is CCNC(=NCc1cc(C)ccc1OC(F)F)NCC(O)c1cc(OC)ccc1OC. The first kappa shape index (κ1) is 24.2. The summed E-state index contributed by atoms with van der Waals surface area (Å²) >= 11 is 0. The standard InChI is InChI=1S/C22H29F2N3O4/c1-5-25-22(26-12-15-10-14(2)6-8-19(15)31-21(23)24)27-13-18(28)17-11-16(29-3)7-9-20(17)30-4/h6-11,18,21,28H,5,12-13H2,1-4H3,(H2,25,26,27). The number of nitrogens with one attached hydrogen (secondary N) is 2. The number of aliphatic hydroxyl groups excluding tert-OH is 1. The van der Waals surface area contributed by atoms with Crippen LogP contribution in [-0.2, 0) is 6.54 Å². The number of aliphatic imine (C=N–C) groups is 1. The molecule has 170 valence electrons. The molecule has 0 saturated heterocycles. The number of aryl methyl sites for hydroxylation is 1. The predicted octanol–water partition coefficient (Wildman–Crippen LogP) is 3.40. The molecule has 31 heavy (non-hydrogen) atoms. The maximum Gasteiger partial charge on any atom is 0.387 e. The normalized spacial score (nSPS) is 12.5. The van der Waals surface area contributed by atoms with Crippen molar-refractivity contribution in [2.24, 2.45) is 4.99 Å². The third kappa shape index (κ3) is 7.29. The van der Waals surface area contributed by atoms with Gasteiger partial charge in [-0.3, -0.25) is 0 Å². The second kappa shape index (κ2) is 11.9. The molecule has 0 aliphatic carbocycles. The van der Waals surface area contributed by atoms with Crippen LogP contribution < -0.4 is 24.8 Å². The van der Waals surface area contributed by atoms with E-state index in [1.165, 1.54) is 13.2 Å². The number of hydrogen-bond donors (Lipinski definition) is 3. The summed E-state index contributed by atoms with van der Waals surface area (Å²) < 4.78 is 40.5. The topological polar surface area (TPSA) is 84.3 Å². The third-order valence-electron chi connectivity index (χ3n) is 4.44. The second-order valence-electron chi connectivity index (χ2n) is 6.69. The van der Waals surface area contributed by atoms with Crippen molar-refractivity contribution in [1.29, 1.82) is 0 Å². The van der Waals surface area contributed by atoms with Gasteiger partial charge in [-0.05, 0) is 38.1 Å². The fourth-order valence-electron chi connectivity index (χ4n) is 2.95. The average molecular weight is 437 g/mol. The molecule has 2 aromatic rings. The lowest BCUT2D eigenvalue weighted by molar-refractivity contribution is -0.0504. The van der Waals surface area contributed by atoms with Crippen molar-refractivity contribution in [2.75, 3.05) is 27.3 Å². The Labute approximate surface area is 181 Å². The monoisotopic (exact) mass is 437 g/mol. The van der Waals surface area contributed by atoms with Crippen molar-refractivity contribution in [3.05, 3.63) is 53.1 Å². The summed E-state index contributed by atoms with van der Waals surface area (Å²) in [6, 6.07) is 10.1. The summed E-state index contributed by atoms with van der Waals surface area (Å²) in [5.41, 5.74) is 2.01. The Balaban J connectivity index is 2.13. The highest BCUT2D eigenvalue weighted by Gasteiger charge is 2.16. The van der Waals surface area contributed by atoms with Gasteiger partial charge in [-0.25, -0.2) is 4.99 Å². The number of halogens is 2. The Bertz CT molecular complexity index is 878. The van der Waals surface area contributed by atoms with Gasteiger partial charge in [0.2, 0.25) is 0 Å². The molecular weight excluding hydrogens is 408 g/mol. The minimum absolute atomic E-state index is 0.0846. The number of benzene rings is 2. The lowest BCUT2D eigenvalue weighted by Crippen LogP contribution is -2.39. The van der Waals surface area contributed by atoms with Gasteiger partial charge in [-0.2, -0.15) is 8.78 Å². The van der Waals surface area contributed by atoms with E-state index in [-0.39, 0.29) is 18.8 Å². The summed E-state index contributed by atoms with van der Waals surface area (Å²) in [6.45, 7) is 1.70. The number of aliphatic hydroxyl groups is 1. The van der Waals surface area contributed by atoms with Crippen molar-refractivity contribution in [3.63, 3.8) is 0 Å². The molecule has 3 N–H and O–H groups in total. The molecule has 0 bridgehead atoms. The fraction of sp³-hybridized carbons (Fsp3) is 0.409. The highest BCUT2D eigenvalue weighted by molar-refractivity contribution is 5.79. The quantitative estimate of drug-likeness (QED) is 0.390. The first-order chi connectivity index (χ1) is 14.9. The maximum atomic E-state index is 12.7. The number of alkyl halides is 2. The molecule has 0 fully saturated rings. The van der Waals surface area contributed by atoms with E-state index in [0.717, 1.165) is 5.56 Å². The van der Waals surface area contributed by atoms with E-state index in [4.69, 9.17) is 9.47 Å². The van der Waals surface area contributed by atoms with Crippen LogP contribution in [0.3, 0.4) is 0 Å². The number of methoxy groups -OCH3 is 2. The fourth-order valence-corrected chi connectivity index (χ4v) is 2.95. The zero-order valence-corrected chi connectivity index (χ0v) is 18.1. The molecule has 0 amide bonds. The van der Waals surface area contributed by atoms with Gasteiger partial charge in [-0.15, -0.1) is 0 Å². The number of hydrogen-bond acceptors (Lipinski definition) is 5. The highest BCUT2D eigenvalue weighted by Crippen LogP contribution is 2.29. The van der Waals surface area contributed by atoms with Crippen molar-refractivity contribution in [1.82, 2.24) is 10.6 Å². The van der Waals surface area contributed by atoms with Crippen LogP contribution >= 0.6 is 0 Å². The molecule has 2 aromatic carbocycles. The van der Waals surface area contributed by atoms with Crippen molar-refractivity contribution in [2.45, 2.75) is 33.1 Å². The number of guanidine groups is 1. The van der Waals surface area contributed by atoms with Crippen LogP contribution in [0.2, 0.25) is 0 Å². The van der Waals surface area contributed by atoms with Gasteiger partial charge in [0.25, 0.3) is 0 Å². The number of ether oxygens (including phenoxy) is 3. The van der Waals surface area contributed by atoms with E-state index < -0.39 is 12.7 Å². The molecule has 1 unspecified atom stereocenters. The van der Waals surface area contributed by atoms with E-state index in [9.17, 15) is 13.9 Å². The van der Waals surface area contributed by atoms with E-state index in [0.29, 0.717) is 35.1 Å². The summed E-state index contributed by atoms with van der Waals surface area (Å²) in [6.07, 6.45) is -0.898. The van der Waals surface area contributed by atoms with Gasteiger partial charge in [0.1, 0.15) is 17.2 Å². The Morgan fingerprint density at radius 2 is 1.81 bits per heavy atom. The van der Waals surface area contributed by atoms with Gasteiger partial charge in [0.15, 0.2) is 5.96 Å².